The molecule has 0 spiro atoms. The van der Waals surface area contributed by atoms with Gasteiger partial charge in [0.2, 0.25) is 5.91 Å². The zero-order valence-corrected chi connectivity index (χ0v) is 10.3. The highest BCUT2D eigenvalue weighted by Crippen LogP contribution is 2.47. The van der Waals surface area contributed by atoms with Crippen molar-refractivity contribution in [3.8, 4) is 0 Å². The largest absolute Gasteiger partial charge is 0.392 e. The highest BCUT2D eigenvalue weighted by atomic mass is 32.1. The Bertz CT molecular complexity index is 328. The van der Waals surface area contributed by atoms with Gasteiger partial charge >= 0.3 is 0 Å². The molecule has 1 heterocycles. The van der Waals surface area contributed by atoms with Gasteiger partial charge in [-0.3, -0.25) is 4.79 Å². The summed E-state index contributed by atoms with van der Waals surface area (Å²) in [5, 5.41) is 9.76. The molecular formula is C11H18N2O2S. The van der Waals surface area contributed by atoms with Crippen molar-refractivity contribution in [1.82, 2.24) is 4.90 Å². The van der Waals surface area contributed by atoms with Crippen LogP contribution in [0, 0.1) is 11.3 Å². The van der Waals surface area contributed by atoms with Gasteiger partial charge in [0, 0.05) is 13.1 Å². The molecule has 2 rings (SSSR count). The number of thiocarbonyl (C=S) groups is 1. The van der Waals surface area contributed by atoms with Crippen LogP contribution in [0.1, 0.15) is 26.2 Å². The van der Waals surface area contributed by atoms with Gasteiger partial charge in [0.25, 0.3) is 0 Å². The van der Waals surface area contributed by atoms with Gasteiger partial charge in [0.15, 0.2) is 0 Å². The fraction of sp³-hybridized carbons (Fsp3) is 0.818. The lowest BCUT2D eigenvalue weighted by Crippen LogP contribution is -2.50. The van der Waals surface area contributed by atoms with Gasteiger partial charge in [0.1, 0.15) is 0 Å². The molecule has 1 aliphatic heterocycles. The average molecular weight is 242 g/mol. The molecule has 1 aliphatic carbocycles. The predicted octanol–water partition coefficient (Wildman–Crippen LogP) is 0.282. The van der Waals surface area contributed by atoms with Gasteiger partial charge in [-0.1, -0.05) is 19.1 Å². The van der Waals surface area contributed by atoms with Crippen LogP contribution < -0.4 is 5.73 Å². The van der Waals surface area contributed by atoms with Crippen molar-refractivity contribution in [2.24, 2.45) is 17.1 Å². The first kappa shape index (κ1) is 11.8. The van der Waals surface area contributed by atoms with Crippen LogP contribution in [0.4, 0.5) is 0 Å². The molecule has 2 atom stereocenters. The molecule has 2 aliphatic rings. The molecule has 0 bridgehead atoms. The number of nitrogens with zero attached hydrogens (tertiary/aromatic N) is 1. The third-order valence-corrected chi connectivity index (χ3v) is 4.23. The van der Waals surface area contributed by atoms with Crippen molar-refractivity contribution in [3.05, 3.63) is 0 Å². The monoisotopic (exact) mass is 242 g/mol. The minimum absolute atomic E-state index is 0.0194. The van der Waals surface area contributed by atoms with Crippen LogP contribution in [-0.4, -0.2) is 40.1 Å². The fourth-order valence-corrected chi connectivity index (χ4v) is 2.52. The highest BCUT2D eigenvalue weighted by molar-refractivity contribution is 7.80. The molecule has 4 nitrogen and oxygen atoms in total. The lowest BCUT2D eigenvalue weighted by molar-refractivity contribution is -0.138. The minimum Gasteiger partial charge on any atom is -0.392 e. The number of carbonyl (C=O) groups excluding carboxylic acids is 1. The third kappa shape index (κ3) is 1.82. The van der Waals surface area contributed by atoms with E-state index in [1.807, 2.05) is 6.92 Å². The van der Waals surface area contributed by atoms with Crippen molar-refractivity contribution in [2.45, 2.75) is 32.3 Å². The number of β-amino-alcohol motifs (C(OH)–C–C–N with tert-alkyl or cyclic N) is 1. The maximum absolute atomic E-state index is 12.2. The van der Waals surface area contributed by atoms with E-state index in [9.17, 15) is 9.90 Å². The Morgan fingerprint density at radius 3 is 2.62 bits per heavy atom. The van der Waals surface area contributed by atoms with E-state index in [-0.39, 0.29) is 11.8 Å². The molecule has 90 valence electrons. The molecule has 1 saturated heterocycles. The van der Waals surface area contributed by atoms with Gasteiger partial charge in [-0.2, -0.15) is 0 Å². The second-order valence-electron chi connectivity index (χ2n) is 5.03. The smallest absolute Gasteiger partial charge is 0.235 e. The first-order chi connectivity index (χ1) is 7.47. The van der Waals surface area contributed by atoms with E-state index < -0.39 is 11.5 Å². The molecule has 1 saturated carbocycles. The maximum Gasteiger partial charge on any atom is 0.235 e. The van der Waals surface area contributed by atoms with Crippen LogP contribution in [0.5, 0.6) is 0 Å². The number of nitrogens with two attached hydrogens (primary N) is 1. The average Bonchev–Trinajstić information content (AvgIpc) is 3.02. The molecule has 2 unspecified atom stereocenters. The number of aliphatic hydroxyl groups is 1. The van der Waals surface area contributed by atoms with E-state index in [0.29, 0.717) is 18.1 Å². The van der Waals surface area contributed by atoms with Gasteiger partial charge < -0.3 is 15.7 Å². The molecule has 5 heteroatoms. The first-order valence-electron chi connectivity index (χ1n) is 5.75. The summed E-state index contributed by atoms with van der Waals surface area (Å²) >= 11 is 4.96. The molecular weight excluding hydrogens is 224 g/mol. The minimum atomic E-state index is -0.574. The van der Waals surface area contributed by atoms with E-state index in [0.717, 1.165) is 19.3 Å². The van der Waals surface area contributed by atoms with Crippen molar-refractivity contribution in [1.29, 1.82) is 0 Å². The molecule has 0 aromatic heterocycles. The second kappa shape index (κ2) is 3.96. The van der Waals surface area contributed by atoms with Crippen LogP contribution >= 0.6 is 12.2 Å². The molecule has 2 fully saturated rings. The predicted molar refractivity (Wildman–Crippen MR) is 64.8 cm³/mol. The van der Waals surface area contributed by atoms with E-state index in [1.54, 1.807) is 4.90 Å². The summed E-state index contributed by atoms with van der Waals surface area (Å²) in [6.45, 7) is 3.14. The summed E-state index contributed by atoms with van der Waals surface area (Å²) < 4.78 is 0. The van der Waals surface area contributed by atoms with Crippen LogP contribution in [-0.2, 0) is 4.79 Å². The number of hydrogen-bond donors (Lipinski definition) is 2. The van der Waals surface area contributed by atoms with Crippen molar-refractivity contribution < 1.29 is 9.90 Å². The van der Waals surface area contributed by atoms with Crippen LogP contribution in [0.3, 0.4) is 0 Å². The molecule has 0 aromatic carbocycles. The zero-order valence-electron chi connectivity index (χ0n) is 9.48. The summed E-state index contributed by atoms with van der Waals surface area (Å²) in [7, 11) is 0. The molecule has 0 aromatic rings. The first-order valence-corrected chi connectivity index (χ1v) is 6.15. The molecule has 3 N–H and O–H groups in total. The molecule has 0 radical (unpaired) electrons. The van der Waals surface area contributed by atoms with E-state index in [4.69, 9.17) is 18.0 Å². The number of rotatable bonds is 2. The summed E-state index contributed by atoms with van der Waals surface area (Å²) in [5.74, 6) is 0.287. The molecule has 1 amide bonds. The third-order valence-electron chi connectivity index (χ3n) is 3.84. The van der Waals surface area contributed by atoms with E-state index in [1.165, 1.54) is 0 Å². The normalized spacial score (nSPS) is 32.2. The van der Waals surface area contributed by atoms with Crippen LogP contribution in [0.15, 0.2) is 0 Å². The Morgan fingerprint density at radius 1 is 1.56 bits per heavy atom. The molecule has 16 heavy (non-hydrogen) atoms. The van der Waals surface area contributed by atoms with Gasteiger partial charge in [-0.15, -0.1) is 0 Å². The Labute approximate surface area is 101 Å². The lowest BCUT2D eigenvalue weighted by Gasteiger charge is -2.36. The number of likely N-dealkylation sites (tertiary alicyclic amines) is 1. The topological polar surface area (TPSA) is 66.6 Å². The summed E-state index contributed by atoms with van der Waals surface area (Å²) in [5.41, 5.74) is 5.05. The van der Waals surface area contributed by atoms with Gasteiger partial charge in [0.05, 0.1) is 16.5 Å². The number of aliphatic hydroxyl groups excluding tert-OH is 1. The zero-order chi connectivity index (χ0) is 11.9. The Morgan fingerprint density at radius 2 is 2.19 bits per heavy atom. The van der Waals surface area contributed by atoms with Crippen LogP contribution in [0.2, 0.25) is 0 Å². The number of amides is 1. The van der Waals surface area contributed by atoms with Crippen molar-refractivity contribution >= 4 is 23.1 Å². The fourth-order valence-electron chi connectivity index (χ4n) is 2.23. The summed E-state index contributed by atoms with van der Waals surface area (Å²) in [4.78, 5) is 14.3. The highest BCUT2D eigenvalue weighted by Gasteiger charge is 2.54. The quantitative estimate of drug-likeness (QED) is 0.683. The van der Waals surface area contributed by atoms with E-state index in [2.05, 4.69) is 0 Å². The van der Waals surface area contributed by atoms with Gasteiger partial charge in [-0.25, -0.2) is 0 Å². The van der Waals surface area contributed by atoms with Crippen LogP contribution in [0.25, 0.3) is 0 Å². The number of carbonyl (C=O) groups is 1. The Kier molecular flexibility index (Phi) is 2.92. The Hall–Kier alpha value is -0.680. The number of hydrogen-bond acceptors (Lipinski definition) is 3. The Balaban J connectivity index is 2.04. The number of piperidine rings is 1. The summed E-state index contributed by atoms with van der Waals surface area (Å²) in [6.07, 6.45) is 1.97. The van der Waals surface area contributed by atoms with Gasteiger partial charge in [-0.05, 0) is 25.2 Å². The van der Waals surface area contributed by atoms with Crippen molar-refractivity contribution in [3.63, 3.8) is 0 Å². The summed E-state index contributed by atoms with van der Waals surface area (Å²) in [6, 6.07) is 0. The van der Waals surface area contributed by atoms with E-state index >= 15 is 0 Å². The SMILES string of the molecule is CC1CCN(C(=O)C2(C(N)=S)CC2)CC1O. The second-order valence-corrected chi connectivity index (χ2v) is 5.47. The maximum atomic E-state index is 12.2. The standard InChI is InChI=1S/C11H18N2O2S/c1-7-2-5-13(6-8(7)14)10(15)11(3-4-11)9(12)16/h7-8,14H,2-6H2,1H3,(H2,12,16). The van der Waals surface area contributed by atoms with Crippen molar-refractivity contribution in [2.75, 3.05) is 13.1 Å². The lowest BCUT2D eigenvalue weighted by atomic mass is 9.94.